The molecule has 1 aliphatic carbocycles. The van der Waals surface area contributed by atoms with Crippen LogP contribution in [-0.2, 0) is 0 Å². The van der Waals surface area contributed by atoms with Crippen LogP contribution in [0, 0.1) is 5.92 Å². The Kier molecular flexibility index (Phi) is 5.21. The highest BCUT2D eigenvalue weighted by molar-refractivity contribution is 6.00. The Morgan fingerprint density at radius 3 is 2.59 bits per heavy atom. The number of nitrogens with zero attached hydrogens (tertiary/aromatic N) is 5. The van der Waals surface area contributed by atoms with Crippen LogP contribution in [0.4, 0.5) is 11.4 Å². The van der Waals surface area contributed by atoms with Crippen LogP contribution in [-0.4, -0.2) is 63.3 Å². The van der Waals surface area contributed by atoms with E-state index in [1.165, 1.54) is 23.9 Å². The van der Waals surface area contributed by atoms with Gasteiger partial charge in [-0.15, -0.1) is 0 Å². The molecule has 0 unspecified atom stereocenters. The van der Waals surface area contributed by atoms with Gasteiger partial charge in [0.1, 0.15) is 5.69 Å². The summed E-state index contributed by atoms with van der Waals surface area (Å²) >= 11 is 0. The molecule has 0 amide bonds. The van der Waals surface area contributed by atoms with Crippen molar-refractivity contribution in [1.29, 1.82) is 0 Å². The van der Waals surface area contributed by atoms with Crippen molar-refractivity contribution in [2.45, 2.75) is 12.8 Å². The minimum atomic E-state index is 0.594. The molecular weight excluding hydrogens is 460 g/mol. The van der Waals surface area contributed by atoms with Crippen LogP contribution in [0.3, 0.4) is 0 Å². The first-order chi connectivity index (χ1) is 18.1. The molecule has 0 atom stereocenters. The molecule has 1 saturated carbocycles. The number of fused-ring (bicyclic) bond motifs is 2. The van der Waals surface area contributed by atoms with E-state index < -0.39 is 0 Å². The van der Waals surface area contributed by atoms with Crippen molar-refractivity contribution in [2.24, 2.45) is 5.92 Å². The third kappa shape index (κ3) is 4.13. The van der Waals surface area contributed by atoms with Crippen LogP contribution in [0.2, 0.25) is 0 Å². The molecule has 8 nitrogen and oxygen atoms in total. The summed E-state index contributed by atoms with van der Waals surface area (Å²) in [5, 5.41) is 13.6. The summed E-state index contributed by atoms with van der Waals surface area (Å²) in [7, 11) is 2.18. The molecule has 1 aliphatic heterocycles. The van der Waals surface area contributed by atoms with Gasteiger partial charge in [-0.1, -0.05) is 12.6 Å². The molecule has 0 radical (unpaired) electrons. The summed E-state index contributed by atoms with van der Waals surface area (Å²) in [4.78, 5) is 17.4. The van der Waals surface area contributed by atoms with E-state index in [1.807, 2.05) is 24.8 Å². The zero-order chi connectivity index (χ0) is 24.9. The number of aromatic amines is 2. The normalized spacial score (nSPS) is 16.5. The van der Waals surface area contributed by atoms with Crippen molar-refractivity contribution in [1.82, 2.24) is 30.0 Å². The third-order valence-electron chi connectivity index (χ3n) is 7.63. The number of hydrogen-bond donors (Lipinski definition) is 3. The van der Waals surface area contributed by atoms with E-state index in [0.717, 1.165) is 76.5 Å². The maximum absolute atomic E-state index is 4.69. The summed E-state index contributed by atoms with van der Waals surface area (Å²) in [5.74, 6) is 0.594. The zero-order valence-corrected chi connectivity index (χ0v) is 21.0. The van der Waals surface area contributed by atoms with Crippen molar-refractivity contribution in [3.63, 3.8) is 0 Å². The second-order valence-electron chi connectivity index (χ2n) is 10.3. The number of H-pyrrole nitrogens is 2. The highest BCUT2D eigenvalue weighted by atomic mass is 15.3. The molecule has 2 aliphatic rings. The number of benzene rings is 1. The van der Waals surface area contributed by atoms with Gasteiger partial charge in [0.2, 0.25) is 0 Å². The molecule has 5 heterocycles. The molecule has 4 aromatic heterocycles. The molecule has 2 fully saturated rings. The lowest BCUT2D eigenvalue weighted by Crippen LogP contribution is -2.44. The summed E-state index contributed by atoms with van der Waals surface area (Å²) in [6, 6.07) is 10.7. The number of nitrogens with one attached hydrogen (secondary N) is 3. The van der Waals surface area contributed by atoms with E-state index >= 15 is 0 Å². The topological polar surface area (TPSA) is 88.8 Å². The smallest absolute Gasteiger partial charge is 0.116 e. The Morgan fingerprint density at radius 1 is 0.919 bits per heavy atom. The van der Waals surface area contributed by atoms with Crippen molar-refractivity contribution in [3.8, 4) is 22.5 Å². The van der Waals surface area contributed by atoms with Crippen LogP contribution in [0.15, 0.2) is 67.4 Å². The summed E-state index contributed by atoms with van der Waals surface area (Å²) in [6.07, 6.45) is 10.1. The molecule has 37 heavy (non-hydrogen) atoms. The lowest BCUT2D eigenvalue weighted by Gasteiger charge is -2.34. The molecule has 8 heteroatoms. The Labute approximate surface area is 215 Å². The lowest BCUT2D eigenvalue weighted by atomic mass is 10.0. The Morgan fingerprint density at radius 2 is 1.76 bits per heavy atom. The Balaban J connectivity index is 1.24. The van der Waals surface area contributed by atoms with E-state index in [4.69, 9.17) is 5.10 Å². The van der Waals surface area contributed by atoms with Crippen LogP contribution < -0.4 is 10.2 Å². The standard InChI is InChI=1S/C29H30N8/c1-18(19-3-4-19)32-22-11-21(14-30-15-22)20-5-6-25-24(12-20)29(35-34-25)26-13-23-27(33-26)16-31-17-28(23)37-9-7-36(2)8-10-37/h5-6,11-17,19,32-33H,1,3-4,7-10H2,2H3,(H,34,35). The number of aromatic nitrogens is 5. The highest BCUT2D eigenvalue weighted by Gasteiger charge is 2.24. The zero-order valence-electron chi connectivity index (χ0n) is 21.0. The first-order valence-corrected chi connectivity index (χ1v) is 12.9. The van der Waals surface area contributed by atoms with Gasteiger partial charge in [-0.3, -0.25) is 15.1 Å². The second-order valence-corrected chi connectivity index (χ2v) is 10.3. The number of allylic oxidation sites excluding steroid dienone is 1. The van der Waals surface area contributed by atoms with Gasteiger partial charge in [0, 0.05) is 54.4 Å². The predicted molar refractivity (Wildman–Crippen MR) is 150 cm³/mol. The van der Waals surface area contributed by atoms with E-state index in [0.29, 0.717) is 5.92 Å². The average Bonchev–Trinajstić information content (AvgIpc) is 3.55. The van der Waals surface area contributed by atoms with Gasteiger partial charge in [-0.25, -0.2) is 0 Å². The summed E-state index contributed by atoms with van der Waals surface area (Å²) < 4.78 is 0. The van der Waals surface area contributed by atoms with Gasteiger partial charge in [-0.05, 0) is 55.6 Å². The van der Waals surface area contributed by atoms with Gasteiger partial charge in [0.15, 0.2) is 0 Å². The first kappa shape index (κ1) is 22.1. The minimum absolute atomic E-state index is 0.594. The number of hydrogen-bond acceptors (Lipinski definition) is 6. The van der Waals surface area contributed by atoms with Crippen molar-refractivity contribution >= 4 is 33.2 Å². The van der Waals surface area contributed by atoms with Crippen LogP contribution in [0.1, 0.15) is 12.8 Å². The molecule has 7 rings (SSSR count). The van der Waals surface area contributed by atoms with Crippen molar-refractivity contribution in [2.75, 3.05) is 43.4 Å². The van der Waals surface area contributed by atoms with E-state index in [9.17, 15) is 0 Å². The molecule has 0 bridgehead atoms. The van der Waals surface area contributed by atoms with Crippen molar-refractivity contribution < 1.29 is 0 Å². The fourth-order valence-electron chi connectivity index (χ4n) is 5.25. The summed E-state index contributed by atoms with van der Waals surface area (Å²) in [5.41, 5.74) is 9.30. The Hall–Kier alpha value is -4.17. The fourth-order valence-corrected chi connectivity index (χ4v) is 5.25. The molecule has 3 N–H and O–H groups in total. The Bertz CT molecular complexity index is 1620. The first-order valence-electron chi connectivity index (χ1n) is 12.9. The molecule has 1 saturated heterocycles. The second kappa shape index (κ2) is 8.74. The van der Waals surface area contributed by atoms with Crippen molar-refractivity contribution in [3.05, 3.63) is 67.4 Å². The van der Waals surface area contributed by atoms with E-state index in [2.05, 4.69) is 79.1 Å². The maximum Gasteiger partial charge on any atom is 0.116 e. The SMILES string of the molecule is C=C(Nc1cncc(-c2ccc3[nH]nc(-c4cc5c(N6CCN(C)CC6)cncc5[nH]4)c3c2)c1)C1CC1. The van der Waals surface area contributed by atoms with Crippen LogP contribution in [0.25, 0.3) is 44.3 Å². The van der Waals surface area contributed by atoms with Gasteiger partial charge in [0.25, 0.3) is 0 Å². The molecule has 5 aromatic rings. The highest BCUT2D eigenvalue weighted by Crippen LogP contribution is 2.37. The molecule has 0 spiro atoms. The monoisotopic (exact) mass is 490 g/mol. The van der Waals surface area contributed by atoms with E-state index in [1.54, 1.807) is 0 Å². The number of rotatable bonds is 6. The molecule has 1 aromatic carbocycles. The predicted octanol–water partition coefficient (Wildman–Crippen LogP) is 5.26. The maximum atomic E-state index is 4.69. The van der Waals surface area contributed by atoms with Gasteiger partial charge in [0.05, 0.1) is 46.7 Å². The lowest BCUT2D eigenvalue weighted by molar-refractivity contribution is 0.313. The van der Waals surface area contributed by atoms with Gasteiger partial charge >= 0.3 is 0 Å². The van der Waals surface area contributed by atoms with Gasteiger partial charge < -0.3 is 20.1 Å². The molecule has 186 valence electrons. The number of pyridine rings is 2. The number of anilines is 2. The quantitative estimate of drug-likeness (QED) is 0.301. The van der Waals surface area contributed by atoms with Crippen LogP contribution >= 0.6 is 0 Å². The third-order valence-corrected chi connectivity index (χ3v) is 7.63. The number of piperazine rings is 1. The molecular formula is C29H30N8. The van der Waals surface area contributed by atoms with Crippen LogP contribution in [0.5, 0.6) is 0 Å². The fraction of sp³-hybridized carbons (Fsp3) is 0.276. The van der Waals surface area contributed by atoms with E-state index in [-0.39, 0.29) is 0 Å². The summed E-state index contributed by atoms with van der Waals surface area (Å²) in [6.45, 7) is 8.30. The minimum Gasteiger partial charge on any atom is -0.367 e. The largest absolute Gasteiger partial charge is 0.367 e. The number of likely N-dealkylation sites (N-methyl/N-ethyl adjacent to an activating group) is 1. The van der Waals surface area contributed by atoms with Gasteiger partial charge in [-0.2, -0.15) is 5.10 Å². The average molecular weight is 491 g/mol.